The summed E-state index contributed by atoms with van der Waals surface area (Å²) in [5, 5.41) is 8.69. The Morgan fingerprint density at radius 2 is 1.81 bits per heavy atom. The summed E-state index contributed by atoms with van der Waals surface area (Å²) in [5.41, 5.74) is 3.51. The molecule has 3 aromatic rings. The molecular weight excluding hydrogens is 434 g/mol. The van der Waals surface area contributed by atoms with Crippen LogP contribution in [0.15, 0.2) is 52.1 Å². The Kier molecular flexibility index (Phi) is 6.43. The van der Waals surface area contributed by atoms with E-state index in [1.54, 1.807) is 24.3 Å². The van der Waals surface area contributed by atoms with Crippen LogP contribution in [0.25, 0.3) is 11.5 Å². The molecule has 0 radical (unpaired) electrons. The van der Waals surface area contributed by atoms with Crippen LogP contribution >= 0.6 is 23.4 Å². The van der Waals surface area contributed by atoms with Crippen LogP contribution in [0.5, 0.6) is 0 Å². The lowest BCUT2D eigenvalue weighted by molar-refractivity contribution is -0.127. The molecule has 0 spiro atoms. The number of hydrogen-bond acceptors (Lipinski definition) is 6. The molecule has 1 saturated heterocycles. The van der Waals surface area contributed by atoms with E-state index in [0.717, 1.165) is 29.5 Å². The topological polar surface area (TPSA) is 76.3 Å². The van der Waals surface area contributed by atoms with E-state index in [9.17, 15) is 9.59 Å². The van der Waals surface area contributed by atoms with Crippen LogP contribution in [0, 0.1) is 13.8 Å². The van der Waals surface area contributed by atoms with Crippen LogP contribution in [0.2, 0.25) is 5.02 Å². The first kappa shape index (κ1) is 21.6. The predicted molar refractivity (Wildman–Crippen MR) is 120 cm³/mol. The highest BCUT2D eigenvalue weighted by Gasteiger charge is 2.33. The zero-order chi connectivity index (χ0) is 22.0. The molecule has 2 amide bonds. The molecule has 2 aromatic carbocycles. The van der Waals surface area contributed by atoms with Gasteiger partial charge in [-0.2, -0.15) is 0 Å². The maximum atomic E-state index is 13.2. The Labute approximate surface area is 190 Å². The number of halogens is 1. The van der Waals surface area contributed by atoms with Gasteiger partial charge in [-0.15, -0.1) is 10.2 Å². The summed E-state index contributed by atoms with van der Waals surface area (Å²) in [7, 11) is 0. The first-order valence-electron chi connectivity index (χ1n) is 10.1. The number of rotatable bonds is 4. The van der Waals surface area contributed by atoms with Gasteiger partial charge in [0.05, 0.1) is 5.25 Å². The summed E-state index contributed by atoms with van der Waals surface area (Å²) >= 11 is 7.14. The molecule has 1 aliphatic heterocycles. The van der Waals surface area contributed by atoms with E-state index in [0.29, 0.717) is 34.7 Å². The normalized spacial score (nSPS) is 16.9. The average molecular weight is 456 g/mol. The van der Waals surface area contributed by atoms with E-state index in [1.807, 2.05) is 26.0 Å². The smallest absolute Gasteiger partial charge is 0.277 e. The summed E-state index contributed by atoms with van der Waals surface area (Å²) < 4.78 is 5.84. The number of benzene rings is 2. The number of likely N-dealkylation sites (tertiary alicyclic amines) is 1. The van der Waals surface area contributed by atoms with Gasteiger partial charge in [0, 0.05) is 22.7 Å². The van der Waals surface area contributed by atoms with Crippen LogP contribution in [0.3, 0.4) is 0 Å². The lowest BCUT2D eigenvalue weighted by Crippen LogP contribution is -2.41. The van der Waals surface area contributed by atoms with E-state index >= 15 is 0 Å². The molecule has 1 fully saturated rings. The fourth-order valence-corrected chi connectivity index (χ4v) is 4.76. The van der Waals surface area contributed by atoms with E-state index in [-0.39, 0.29) is 11.8 Å². The maximum Gasteiger partial charge on any atom is 0.277 e. The Balaban J connectivity index is 1.51. The van der Waals surface area contributed by atoms with Crippen molar-refractivity contribution in [2.75, 3.05) is 6.54 Å². The number of imide groups is 1. The Bertz CT molecular complexity index is 1090. The number of nitrogens with zero attached hydrogens (tertiary/aromatic N) is 3. The minimum absolute atomic E-state index is 0.228. The highest BCUT2D eigenvalue weighted by Crippen LogP contribution is 2.32. The van der Waals surface area contributed by atoms with Crippen molar-refractivity contribution in [3.63, 3.8) is 0 Å². The number of aromatic nitrogens is 2. The molecule has 1 aliphatic rings. The van der Waals surface area contributed by atoms with E-state index < -0.39 is 5.25 Å². The predicted octanol–water partition coefficient (Wildman–Crippen LogP) is 5.32. The van der Waals surface area contributed by atoms with E-state index in [1.165, 1.54) is 16.7 Å². The second kappa shape index (κ2) is 9.24. The Hall–Kier alpha value is -2.64. The van der Waals surface area contributed by atoms with Gasteiger partial charge in [-0.1, -0.05) is 47.0 Å². The van der Waals surface area contributed by atoms with Crippen molar-refractivity contribution >= 4 is 35.2 Å². The molecule has 8 heteroatoms. The molecule has 1 atom stereocenters. The third-order valence-corrected chi connectivity index (χ3v) is 6.43. The minimum atomic E-state index is -0.453. The molecule has 0 N–H and O–H groups in total. The van der Waals surface area contributed by atoms with Gasteiger partial charge in [0.15, 0.2) is 0 Å². The first-order valence-corrected chi connectivity index (χ1v) is 11.4. The fourth-order valence-electron chi connectivity index (χ4n) is 3.66. The van der Waals surface area contributed by atoms with Gasteiger partial charge in [0.25, 0.3) is 11.1 Å². The van der Waals surface area contributed by atoms with Crippen molar-refractivity contribution in [2.45, 2.75) is 43.6 Å². The number of hydrogen-bond donors (Lipinski definition) is 0. The molecule has 160 valence electrons. The van der Waals surface area contributed by atoms with Crippen LogP contribution in [0.1, 0.15) is 40.7 Å². The second-order valence-electron chi connectivity index (χ2n) is 7.65. The maximum absolute atomic E-state index is 13.2. The highest BCUT2D eigenvalue weighted by molar-refractivity contribution is 8.00. The van der Waals surface area contributed by atoms with Crippen LogP contribution < -0.4 is 0 Å². The van der Waals surface area contributed by atoms with Crippen LogP contribution in [0.4, 0.5) is 0 Å². The van der Waals surface area contributed by atoms with Gasteiger partial charge < -0.3 is 4.42 Å². The number of carbonyl (C=O) groups excluding carboxylic acids is 2. The fraction of sp³-hybridized carbons (Fsp3) is 0.304. The van der Waals surface area contributed by atoms with Crippen molar-refractivity contribution in [2.24, 2.45) is 0 Å². The minimum Gasteiger partial charge on any atom is -0.411 e. The zero-order valence-corrected chi connectivity index (χ0v) is 18.9. The van der Waals surface area contributed by atoms with Crippen molar-refractivity contribution < 1.29 is 14.0 Å². The third-order valence-electron chi connectivity index (χ3n) is 5.09. The standard InChI is InChI=1S/C23H22ClN3O3S/c1-14-11-15(2)13-17(12-14)20-25-26-23(30-20)31-19-5-3-4-10-27(22(19)29)21(28)16-6-8-18(24)9-7-16/h6-9,11-13,19H,3-5,10H2,1-2H3. The van der Waals surface area contributed by atoms with Crippen molar-refractivity contribution in [1.82, 2.24) is 15.1 Å². The van der Waals surface area contributed by atoms with Crippen molar-refractivity contribution in [3.05, 3.63) is 64.2 Å². The number of amides is 2. The average Bonchev–Trinajstić information content (AvgIpc) is 3.13. The summed E-state index contributed by atoms with van der Waals surface area (Å²) in [6, 6.07) is 12.6. The zero-order valence-electron chi connectivity index (χ0n) is 17.3. The number of thioether (sulfide) groups is 1. The van der Waals surface area contributed by atoms with E-state index in [2.05, 4.69) is 16.3 Å². The van der Waals surface area contributed by atoms with Gasteiger partial charge >= 0.3 is 0 Å². The molecule has 1 aromatic heterocycles. The molecule has 31 heavy (non-hydrogen) atoms. The quantitative estimate of drug-likeness (QED) is 0.495. The Morgan fingerprint density at radius 3 is 2.52 bits per heavy atom. The van der Waals surface area contributed by atoms with Crippen molar-refractivity contribution in [1.29, 1.82) is 0 Å². The van der Waals surface area contributed by atoms with Crippen molar-refractivity contribution in [3.8, 4) is 11.5 Å². The molecule has 0 bridgehead atoms. The molecule has 2 heterocycles. The molecule has 0 aliphatic carbocycles. The molecular formula is C23H22ClN3O3S. The molecule has 1 unspecified atom stereocenters. The van der Waals surface area contributed by atoms with E-state index in [4.69, 9.17) is 16.0 Å². The second-order valence-corrected chi connectivity index (χ2v) is 9.24. The van der Waals surface area contributed by atoms with Crippen LogP contribution in [-0.2, 0) is 4.79 Å². The number of aryl methyl sites for hydroxylation is 2. The van der Waals surface area contributed by atoms with Gasteiger partial charge in [-0.25, -0.2) is 0 Å². The third kappa shape index (κ3) is 4.99. The SMILES string of the molecule is Cc1cc(C)cc(-c2nnc(SC3CCCCN(C(=O)c4ccc(Cl)cc4)C3=O)o2)c1. The lowest BCUT2D eigenvalue weighted by Gasteiger charge is -2.21. The van der Waals surface area contributed by atoms with Gasteiger partial charge in [0.1, 0.15) is 0 Å². The Morgan fingerprint density at radius 1 is 1.10 bits per heavy atom. The highest BCUT2D eigenvalue weighted by atomic mass is 35.5. The molecule has 0 saturated carbocycles. The van der Waals surface area contributed by atoms with Crippen LogP contribution in [-0.4, -0.2) is 38.7 Å². The summed E-state index contributed by atoms with van der Waals surface area (Å²) in [5.74, 6) is -0.117. The summed E-state index contributed by atoms with van der Waals surface area (Å²) in [6.07, 6.45) is 2.25. The summed E-state index contributed by atoms with van der Waals surface area (Å²) in [4.78, 5) is 27.4. The van der Waals surface area contributed by atoms with Gasteiger partial charge in [0.2, 0.25) is 11.8 Å². The number of carbonyl (C=O) groups is 2. The first-order chi connectivity index (χ1) is 14.9. The van der Waals surface area contributed by atoms with Gasteiger partial charge in [-0.3, -0.25) is 14.5 Å². The monoisotopic (exact) mass is 455 g/mol. The largest absolute Gasteiger partial charge is 0.411 e. The molecule has 4 rings (SSSR count). The molecule has 6 nitrogen and oxygen atoms in total. The van der Waals surface area contributed by atoms with Gasteiger partial charge in [-0.05, 0) is 63.1 Å². The summed E-state index contributed by atoms with van der Waals surface area (Å²) in [6.45, 7) is 4.42. The lowest BCUT2D eigenvalue weighted by atomic mass is 10.1.